The number of H-pyrrole nitrogens is 1. The Labute approximate surface area is 147 Å². The zero-order valence-electron chi connectivity index (χ0n) is 13.5. The van der Waals surface area contributed by atoms with E-state index in [2.05, 4.69) is 25.3 Å². The molecule has 2 aromatic heterocycles. The predicted molar refractivity (Wildman–Crippen MR) is 99.1 cm³/mol. The second kappa shape index (κ2) is 5.35. The highest BCUT2D eigenvalue weighted by Gasteiger charge is 2.18. The maximum atomic E-state index is 11.9. The van der Waals surface area contributed by atoms with E-state index in [-0.39, 0.29) is 0 Å². The van der Waals surface area contributed by atoms with Gasteiger partial charge in [0.15, 0.2) is 5.84 Å². The Kier molecular flexibility index (Phi) is 2.99. The van der Waals surface area contributed by atoms with E-state index in [0.717, 1.165) is 38.9 Å². The number of amidine groups is 1. The minimum atomic E-state index is -0.521. The summed E-state index contributed by atoms with van der Waals surface area (Å²) in [5.41, 5.74) is 9.25. The van der Waals surface area contributed by atoms with Gasteiger partial charge in [-0.3, -0.25) is 19.6 Å². The lowest BCUT2D eigenvalue weighted by atomic mass is 10.1. The Balaban J connectivity index is 1.74. The molecule has 2 aromatic carbocycles. The molecule has 0 spiro atoms. The molecular formula is C18H13N7O. The van der Waals surface area contributed by atoms with E-state index >= 15 is 0 Å². The summed E-state index contributed by atoms with van der Waals surface area (Å²) in [6, 6.07) is 11.4. The fourth-order valence-corrected chi connectivity index (χ4v) is 3.23. The van der Waals surface area contributed by atoms with Crippen LogP contribution in [0.4, 0.5) is 0 Å². The number of aromatic amines is 1. The molecule has 1 aliphatic heterocycles. The highest BCUT2D eigenvalue weighted by molar-refractivity contribution is 6.12. The van der Waals surface area contributed by atoms with Crippen molar-refractivity contribution in [2.24, 2.45) is 15.7 Å². The fraction of sp³-hybridized carbons (Fsp3) is 0.0556. The Morgan fingerprint density at radius 3 is 2.69 bits per heavy atom. The number of rotatable bonds is 3. The number of aromatic nitrogens is 4. The standard InChI is InChI=1S/C18H13N7O/c19-17(26)15-12-5-6-14-13(9-22-23-14)16(12)25(24-15)11-3-1-10(2-4-11)18-20-7-8-21-18/h1-7,9,24H,8H2,(H2,19,26). The van der Waals surface area contributed by atoms with Crippen LogP contribution in [0.2, 0.25) is 0 Å². The number of carbonyl (C=O) groups excluding carboxylic acids is 1. The summed E-state index contributed by atoms with van der Waals surface area (Å²) in [5.74, 6) is 0.203. The van der Waals surface area contributed by atoms with Crippen LogP contribution in [0.3, 0.4) is 0 Å². The molecular weight excluding hydrogens is 330 g/mol. The predicted octanol–water partition coefficient (Wildman–Crippen LogP) is 1.83. The first-order valence-corrected chi connectivity index (χ1v) is 8.05. The molecule has 1 aliphatic rings. The van der Waals surface area contributed by atoms with Gasteiger partial charge >= 0.3 is 0 Å². The van der Waals surface area contributed by atoms with Gasteiger partial charge in [-0.05, 0) is 36.4 Å². The smallest absolute Gasteiger partial charge is 0.267 e. The largest absolute Gasteiger partial charge is 0.364 e. The van der Waals surface area contributed by atoms with Gasteiger partial charge in [0.2, 0.25) is 0 Å². The van der Waals surface area contributed by atoms with Gasteiger partial charge in [-0.25, -0.2) is 4.99 Å². The minimum absolute atomic E-state index is 0.344. The van der Waals surface area contributed by atoms with Crippen LogP contribution >= 0.6 is 0 Å². The number of amides is 1. The normalized spacial score (nSPS) is 13.6. The van der Waals surface area contributed by atoms with Gasteiger partial charge in [0.05, 0.1) is 29.5 Å². The van der Waals surface area contributed by atoms with E-state index in [1.807, 2.05) is 41.1 Å². The molecule has 0 atom stereocenters. The average Bonchev–Trinajstić information content (AvgIpc) is 3.39. The van der Waals surface area contributed by atoms with Crippen LogP contribution in [0.25, 0.3) is 27.5 Å². The molecule has 8 heteroatoms. The van der Waals surface area contributed by atoms with Crippen molar-refractivity contribution in [3.05, 3.63) is 53.9 Å². The van der Waals surface area contributed by atoms with Crippen LogP contribution in [0.1, 0.15) is 16.1 Å². The highest BCUT2D eigenvalue weighted by Crippen LogP contribution is 2.29. The molecule has 26 heavy (non-hydrogen) atoms. The molecule has 4 aromatic rings. The van der Waals surface area contributed by atoms with E-state index in [4.69, 9.17) is 5.73 Å². The van der Waals surface area contributed by atoms with Crippen molar-refractivity contribution in [1.29, 1.82) is 0 Å². The van der Waals surface area contributed by atoms with E-state index in [9.17, 15) is 4.79 Å². The van der Waals surface area contributed by atoms with Gasteiger partial charge in [-0.15, -0.1) is 0 Å². The van der Waals surface area contributed by atoms with Crippen LogP contribution in [0, 0.1) is 0 Å². The van der Waals surface area contributed by atoms with Crippen LogP contribution in [-0.2, 0) is 0 Å². The SMILES string of the molecule is NC(=O)c1[nH]n(-c2ccc(C3=NCC=N3)cc2)c2c1ccc1nncc12. The minimum Gasteiger partial charge on any atom is -0.364 e. The molecule has 0 saturated carbocycles. The number of carbonyl (C=O) groups is 1. The second-order valence-electron chi connectivity index (χ2n) is 5.95. The van der Waals surface area contributed by atoms with Gasteiger partial charge in [0, 0.05) is 22.6 Å². The summed E-state index contributed by atoms with van der Waals surface area (Å²) in [6.45, 7) is 0.615. The molecule has 0 fully saturated rings. The van der Waals surface area contributed by atoms with Crippen LogP contribution in [0.15, 0.2) is 52.6 Å². The third-order valence-electron chi connectivity index (χ3n) is 4.43. The van der Waals surface area contributed by atoms with Gasteiger partial charge < -0.3 is 5.73 Å². The lowest BCUT2D eigenvalue weighted by molar-refractivity contribution is 0.0996. The van der Waals surface area contributed by atoms with E-state index < -0.39 is 5.91 Å². The van der Waals surface area contributed by atoms with Crippen LogP contribution in [0.5, 0.6) is 0 Å². The van der Waals surface area contributed by atoms with Gasteiger partial charge in [-0.1, -0.05) is 0 Å². The molecule has 1 amide bonds. The van der Waals surface area contributed by atoms with Crippen molar-refractivity contribution in [2.75, 3.05) is 6.54 Å². The van der Waals surface area contributed by atoms with Gasteiger partial charge in [-0.2, -0.15) is 10.2 Å². The summed E-state index contributed by atoms with van der Waals surface area (Å²) < 4.78 is 1.82. The van der Waals surface area contributed by atoms with Crippen LogP contribution in [-0.4, -0.2) is 44.5 Å². The number of nitrogens with zero attached hydrogens (tertiary/aromatic N) is 5. The summed E-state index contributed by atoms with van der Waals surface area (Å²) in [6.07, 6.45) is 3.46. The second-order valence-corrected chi connectivity index (χ2v) is 5.95. The molecule has 0 bridgehead atoms. The number of nitrogens with one attached hydrogen (secondary N) is 1. The third kappa shape index (κ3) is 2.05. The fourth-order valence-electron chi connectivity index (χ4n) is 3.23. The molecule has 0 aliphatic carbocycles. The Hall–Kier alpha value is -3.81. The number of fused-ring (bicyclic) bond motifs is 3. The maximum Gasteiger partial charge on any atom is 0.267 e. The molecule has 8 nitrogen and oxygen atoms in total. The quantitative estimate of drug-likeness (QED) is 0.591. The van der Waals surface area contributed by atoms with Crippen molar-refractivity contribution >= 4 is 39.8 Å². The monoisotopic (exact) mass is 343 g/mol. The number of nitrogens with two attached hydrogens (primary N) is 1. The van der Waals surface area contributed by atoms with Crippen molar-refractivity contribution in [2.45, 2.75) is 0 Å². The molecule has 5 rings (SSSR count). The average molecular weight is 343 g/mol. The van der Waals surface area contributed by atoms with Crippen molar-refractivity contribution < 1.29 is 4.79 Å². The number of hydrogen-bond donors (Lipinski definition) is 2. The maximum absolute atomic E-state index is 11.9. The summed E-state index contributed by atoms with van der Waals surface area (Å²) in [7, 11) is 0. The lowest BCUT2D eigenvalue weighted by Gasteiger charge is -2.07. The summed E-state index contributed by atoms with van der Waals surface area (Å²) in [4.78, 5) is 20.5. The topological polar surface area (TPSA) is 114 Å². The van der Waals surface area contributed by atoms with E-state index in [1.54, 1.807) is 12.4 Å². The summed E-state index contributed by atoms with van der Waals surface area (Å²) >= 11 is 0. The zero-order chi connectivity index (χ0) is 17.7. The number of hydrogen-bond acceptors (Lipinski definition) is 5. The number of aliphatic imine (C=N–C) groups is 2. The van der Waals surface area contributed by atoms with E-state index in [1.165, 1.54) is 0 Å². The molecule has 0 saturated heterocycles. The Bertz CT molecular complexity index is 1230. The number of primary amides is 1. The molecule has 3 heterocycles. The summed E-state index contributed by atoms with van der Waals surface area (Å²) in [5, 5.41) is 12.8. The Morgan fingerprint density at radius 1 is 1.12 bits per heavy atom. The first-order valence-electron chi connectivity index (χ1n) is 8.05. The molecule has 0 unspecified atom stereocenters. The molecule has 0 radical (unpaired) electrons. The lowest BCUT2D eigenvalue weighted by Crippen LogP contribution is -2.12. The first-order chi connectivity index (χ1) is 12.7. The van der Waals surface area contributed by atoms with Gasteiger partial charge in [0.1, 0.15) is 5.69 Å². The third-order valence-corrected chi connectivity index (χ3v) is 4.43. The van der Waals surface area contributed by atoms with Gasteiger partial charge in [0.25, 0.3) is 5.91 Å². The number of benzene rings is 2. The van der Waals surface area contributed by atoms with Crippen molar-refractivity contribution in [1.82, 2.24) is 20.0 Å². The van der Waals surface area contributed by atoms with E-state index in [0.29, 0.717) is 12.2 Å². The van der Waals surface area contributed by atoms with Crippen molar-refractivity contribution in [3.63, 3.8) is 0 Å². The molecule has 126 valence electrons. The van der Waals surface area contributed by atoms with Crippen LogP contribution < -0.4 is 5.73 Å². The first kappa shape index (κ1) is 14.5. The highest BCUT2D eigenvalue weighted by atomic mass is 16.1. The zero-order valence-corrected chi connectivity index (χ0v) is 13.5. The molecule has 3 N–H and O–H groups in total. The van der Waals surface area contributed by atoms with Crippen molar-refractivity contribution in [3.8, 4) is 5.69 Å². The Morgan fingerprint density at radius 2 is 1.96 bits per heavy atom.